The first-order valence-corrected chi connectivity index (χ1v) is 10.4. The van der Waals surface area contributed by atoms with E-state index in [1.165, 1.54) is 10.5 Å². The standard InChI is InChI=1S/C23H25NO3S/c1-3-4-7-13-24-22(25)21(28-23(24)26)15-19-11-5-6-12-20(19)27-16-18-10-8-9-17(2)14-18/h5-6,8-12,14-15H,3-4,7,13,16H2,1-2H3/b21-15-. The third kappa shape index (κ3) is 5.04. The van der Waals surface area contributed by atoms with Gasteiger partial charge >= 0.3 is 0 Å². The minimum absolute atomic E-state index is 0.189. The second kappa shape index (κ2) is 9.60. The summed E-state index contributed by atoms with van der Waals surface area (Å²) in [5, 5.41) is -0.189. The lowest BCUT2D eigenvalue weighted by molar-refractivity contribution is -0.122. The highest BCUT2D eigenvalue weighted by molar-refractivity contribution is 8.18. The molecule has 0 saturated carbocycles. The van der Waals surface area contributed by atoms with Gasteiger partial charge in [-0.2, -0.15) is 0 Å². The number of para-hydroxylation sites is 1. The summed E-state index contributed by atoms with van der Waals surface area (Å²) < 4.78 is 5.99. The Kier molecular flexibility index (Phi) is 6.93. The molecule has 1 heterocycles. The maximum Gasteiger partial charge on any atom is 0.293 e. The van der Waals surface area contributed by atoms with E-state index in [-0.39, 0.29) is 11.1 Å². The summed E-state index contributed by atoms with van der Waals surface area (Å²) in [6.07, 6.45) is 4.67. The van der Waals surface area contributed by atoms with Crippen molar-refractivity contribution in [1.29, 1.82) is 0 Å². The molecule has 0 N–H and O–H groups in total. The van der Waals surface area contributed by atoms with Gasteiger partial charge in [-0.25, -0.2) is 0 Å². The number of hydrogen-bond acceptors (Lipinski definition) is 4. The number of imide groups is 1. The summed E-state index contributed by atoms with van der Waals surface area (Å²) in [5.41, 5.74) is 3.08. The molecule has 2 aromatic carbocycles. The van der Waals surface area contributed by atoms with Crippen LogP contribution in [0.2, 0.25) is 0 Å². The molecular weight excluding hydrogens is 370 g/mol. The molecule has 0 aromatic heterocycles. The number of aryl methyl sites for hydroxylation is 1. The molecule has 0 spiro atoms. The van der Waals surface area contributed by atoms with Gasteiger partial charge in [0.2, 0.25) is 0 Å². The molecule has 4 nitrogen and oxygen atoms in total. The zero-order valence-corrected chi connectivity index (χ0v) is 17.1. The van der Waals surface area contributed by atoms with E-state index in [1.807, 2.05) is 49.4 Å². The van der Waals surface area contributed by atoms with Gasteiger partial charge in [-0.15, -0.1) is 0 Å². The molecule has 1 aliphatic heterocycles. The molecule has 5 heteroatoms. The number of benzene rings is 2. The molecule has 0 unspecified atom stereocenters. The van der Waals surface area contributed by atoms with Crippen molar-refractivity contribution in [3.8, 4) is 5.75 Å². The number of amides is 2. The fourth-order valence-electron chi connectivity index (χ4n) is 3.05. The SMILES string of the molecule is CCCCCN1C(=O)S/C(=C\c2ccccc2OCc2cccc(C)c2)C1=O. The smallest absolute Gasteiger partial charge is 0.293 e. The zero-order valence-electron chi connectivity index (χ0n) is 16.3. The summed E-state index contributed by atoms with van der Waals surface area (Å²) in [6, 6.07) is 15.8. The average Bonchev–Trinajstić information content (AvgIpc) is 2.95. The molecule has 1 saturated heterocycles. The number of ether oxygens (including phenoxy) is 1. The van der Waals surface area contributed by atoms with E-state index in [0.717, 1.165) is 42.2 Å². The molecule has 0 aliphatic carbocycles. The van der Waals surface area contributed by atoms with Crippen molar-refractivity contribution in [3.63, 3.8) is 0 Å². The quantitative estimate of drug-likeness (QED) is 0.419. The molecule has 28 heavy (non-hydrogen) atoms. The molecule has 1 fully saturated rings. The van der Waals surface area contributed by atoms with E-state index in [9.17, 15) is 9.59 Å². The number of nitrogens with zero attached hydrogens (tertiary/aromatic N) is 1. The van der Waals surface area contributed by atoms with Crippen molar-refractivity contribution in [2.75, 3.05) is 6.54 Å². The minimum atomic E-state index is -0.209. The van der Waals surface area contributed by atoms with E-state index in [2.05, 4.69) is 13.0 Å². The lowest BCUT2D eigenvalue weighted by Crippen LogP contribution is -2.29. The van der Waals surface area contributed by atoms with Gasteiger partial charge in [0.25, 0.3) is 11.1 Å². The van der Waals surface area contributed by atoms with E-state index in [1.54, 1.807) is 6.08 Å². The summed E-state index contributed by atoms with van der Waals surface area (Å²) >= 11 is 1.00. The number of thioether (sulfide) groups is 1. The number of unbranched alkanes of at least 4 members (excludes halogenated alkanes) is 2. The summed E-state index contributed by atoms with van der Waals surface area (Å²) in [5.74, 6) is 0.487. The molecule has 3 rings (SSSR count). The Balaban J connectivity index is 1.73. The lowest BCUT2D eigenvalue weighted by atomic mass is 10.1. The molecule has 0 radical (unpaired) electrons. The first kappa shape index (κ1) is 20.2. The van der Waals surface area contributed by atoms with Crippen molar-refractivity contribution >= 4 is 29.0 Å². The van der Waals surface area contributed by atoms with E-state index >= 15 is 0 Å². The normalized spacial score (nSPS) is 15.5. The van der Waals surface area contributed by atoms with E-state index in [0.29, 0.717) is 23.8 Å². The fraction of sp³-hybridized carbons (Fsp3) is 0.304. The van der Waals surface area contributed by atoms with E-state index < -0.39 is 0 Å². The Labute approximate surface area is 170 Å². The summed E-state index contributed by atoms with van der Waals surface area (Å²) in [4.78, 5) is 26.6. The van der Waals surface area contributed by atoms with Gasteiger partial charge in [-0.05, 0) is 42.8 Å². The molecular formula is C23H25NO3S. The number of carbonyl (C=O) groups is 2. The molecule has 1 aliphatic rings. The van der Waals surface area contributed by atoms with E-state index in [4.69, 9.17) is 4.74 Å². The van der Waals surface area contributed by atoms with Gasteiger partial charge in [-0.1, -0.05) is 67.8 Å². The van der Waals surface area contributed by atoms with Crippen molar-refractivity contribution < 1.29 is 14.3 Å². The average molecular weight is 396 g/mol. The maximum absolute atomic E-state index is 12.6. The van der Waals surface area contributed by atoms with Crippen LogP contribution < -0.4 is 4.74 Å². The minimum Gasteiger partial charge on any atom is -0.488 e. The second-order valence-electron chi connectivity index (χ2n) is 6.86. The van der Waals surface area contributed by atoms with Crippen LogP contribution in [0.5, 0.6) is 5.75 Å². The van der Waals surface area contributed by atoms with Gasteiger partial charge in [-0.3, -0.25) is 14.5 Å². The number of hydrogen-bond donors (Lipinski definition) is 0. The van der Waals surface area contributed by atoms with Crippen molar-refractivity contribution in [1.82, 2.24) is 4.90 Å². The Morgan fingerprint density at radius 3 is 2.68 bits per heavy atom. The Morgan fingerprint density at radius 1 is 1.07 bits per heavy atom. The van der Waals surface area contributed by atoms with Gasteiger partial charge in [0.15, 0.2) is 0 Å². The Morgan fingerprint density at radius 2 is 1.89 bits per heavy atom. The van der Waals surface area contributed by atoms with Gasteiger partial charge in [0, 0.05) is 12.1 Å². The maximum atomic E-state index is 12.6. The van der Waals surface area contributed by atoms with Gasteiger partial charge in [0.1, 0.15) is 12.4 Å². The molecule has 2 amide bonds. The van der Waals surface area contributed by atoms with Crippen molar-refractivity contribution in [3.05, 3.63) is 70.1 Å². The third-order valence-electron chi connectivity index (χ3n) is 4.54. The highest BCUT2D eigenvalue weighted by Gasteiger charge is 2.34. The topological polar surface area (TPSA) is 46.6 Å². The summed E-state index contributed by atoms with van der Waals surface area (Å²) in [7, 11) is 0. The zero-order chi connectivity index (χ0) is 19.9. The van der Waals surface area contributed by atoms with Crippen molar-refractivity contribution in [2.24, 2.45) is 0 Å². The second-order valence-corrected chi connectivity index (χ2v) is 7.85. The monoisotopic (exact) mass is 395 g/mol. The van der Waals surface area contributed by atoms with Gasteiger partial charge in [0.05, 0.1) is 4.91 Å². The molecule has 0 bridgehead atoms. The van der Waals surface area contributed by atoms with Crippen molar-refractivity contribution in [2.45, 2.75) is 39.7 Å². The van der Waals surface area contributed by atoms with Crippen LogP contribution in [0.15, 0.2) is 53.4 Å². The van der Waals surface area contributed by atoms with Crippen LogP contribution in [-0.4, -0.2) is 22.6 Å². The number of rotatable bonds is 8. The lowest BCUT2D eigenvalue weighted by Gasteiger charge is -2.12. The highest BCUT2D eigenvalue weighted by atomic mass is 32.2. The molecule has 0 atom stereocenters. The number of carbonyl (C=O) groups excluding carboxylic acids is 2. The summed E-state index contributed by atoms with van der Waals surface area (Å²) in [6.45, 7) is 5.09. The third-order valence-corrected chi connectivity index (χ3v) is 5.45. The van der Waals surface area contributed by atoms with Crippen LogP contribution in [0.4, 0.5) is 4.79 Å². The first-order chi connectivity index (χ1) is 13.6. The molecule has 2 aromatic rings. The fourth-order valence-corrected chi connectivity index (χ4v) is 3.90. The first-order valence-electron chi connectivity index (χ1n) is 9.61. The predicted octanol–water partition coefficient (Wildman–Crippen LogP) is 5.80. The highest BCUT2D eigenvalue weighted by Crippen LogP contribution is 2.34. The van der Waals surface area contributed by atoms with Gasteiger partial charge < -0.3 is 4.74 Å². The van der Waals surface area contributed by atoms with Crippen LogP contribution in [-0.2, 0) is 11.4 Å². The van der Waals surface area contributed by atoms with Crippen LogP contribution in [0.1, 0.15) is 42.9 Å². The molecule has 146 valence electrons. The van der Waals surface area contributed by atoms with Crippen LogP contribution >= 0.6 is 11.8 Å². The Bertz CT molecular complexity index is 891. The van der Waals surface area contributed by atoms with Crippen LogP contribution in [0.3, 0.4) is 0 Å². The van der Waals surface area contributed by atoms with Crippen LogP contribution in [0.25, 0.3) is 6.08 Å². The van der Waals surface area contributed by atoms with Crippen LogP contribution in [0, 0.1) is 6.92 Å². The largest absolute Gasteiger partial charge is 0.488 e. The predicted molar refractivity (Wildman–Crippen MR) is 114 cm³/mol. The Hall–Kier alpha value is -2.53.